The molecule has 1 unspecified atom stereocenters. The number of nitrogens with zero attached hydrogens (tertiary/aromatic N) is 2. The van der Waals surface area contributed by atoms with Crippen LogP contribution in [0.15, 0.2) is 40.8 Å². The first kappa shape index (κ1) is 21.5. The summed E-state index contributed by atoms with van der Waals surface area (Å²) in [4.78, 5) is 20.6. The van der Waals surface area contributed by atoms with Crippen LogP contribution in [-0.4, -0.2) is 42.2 Å². The molecule has 0 amide bonds. The number of aldehydes is 1. The van der Waals surface area contributed by atoms with Gasteiger partial charge >= 0.3 is 13.6 Å². The van der Waals surface area contributed by atoms with Gasteiger partial charge in [0.2, 0.25) is 0 Å². The lowest BCUT2D eigenvalue weighted by atomic mass is 10.2. The molecule has 0 spiro atoms. The highest BCUT2D eigenvalue weighted by Crippen LogP contribution is 2.49. The van der Waals surface area contributed by atoms with E-state index in [4.69, 9.17) is 14.0 Å². The van der Waals surface area contributed by atoms with Crippen molar-refractivity contribution < 1.29 is 28.3 Å². The maximum atomic E-state index is 12.9. The van der Waals surface area contributed by atoms with Crippen LogP contribution in [0.5, 0.6) is 0 Å². The molecule has 0 fully saturated rings. The molecule has 26 heavy (non-hydrogen) atoms. The molecule has 0 saturated carbocycles. The van der Waals surface area contributed by atoms with E-state index in [-0.39, 0.29) is 12.4 Å². The number of rotatable bonds is 8. The van der Waals surface area contributed by atoms with E-state index >= 15 is 0 Å². The van der Waals surface area contributed by atoms with E-state index in [1.54, 1.807) is 38.4 Å². The molecule has 0 aliphatic heterocycles. The molecule has 1 aromatic carbocycles. The summed E-state index contributed by atoms with van der Waals surface area (Å²) in [5.41, 5.74) is 0.993. The largest absolute Gasteiger partial charge is 0.433 e. The van der Waals surface area contributed by atoms with Gasteiger partial charge in [0.25, 0.3) is 0 Å². The zero-order valence-electron chi connectivity index (χ0n) is 14.5. The Hall–Kier alpha value is -2.52. The molecule has 1 heterocycles. The van der Waals surface area contributed by atoms with Gasteiger partial charge < -0.3 is 14.6 Å². The van der Waals surface area contributed by atoms with Crippen LogP contribution in [0.25, 0.3) is 0 Å². The van der Waals surface area contributed by atoms with Crippen molar-refractivity contribution in [1.82, 2.24) is 4.67 Å². The van der Waals surface area contributed by atoms with Crippen molar-refractivity contribution in [3.63, 3.8) is 0 Å². The minimum absolute atomic E-state index is 0.182. The Bertz CT molecular complexity index is 774. The normalized spacial score (nSPS) is 12.7. The molecule has 0 radical (unpaired) electrons. The highest BCUT2D eigenvalue weighted by molar-refractivity contribution is 7.58. The number of furan rings is 1. The zero-order valence-corrected chi connectivity index (χ0v) is 15.4. The number of anilines is 1. The molecule has 142 valence electrons. The number of hydrogen-bond acceptors (Lipinski definition) is 7. The number of hydrogen-bond donors (Lipinski definition) is 2. The van der Waals surface area contributed by atoms with Crippen LogP contribution in [0.4, 0.5) is 11.6 Å². The first-order valence-electron chi connectivity index (χ1n) is 7.28. The lowest BCUT2D eigenvalue weighted by molar-refractivity contribution is -0.402. The third-order valence-electron chi connectivity index (χ3n) is 3.05. The van der Waals surface area contributed by atoms with E-state index in [2.05, 4.69) is 5.09 Å². The minimum Gasteiger partial charge on any atom is -0.403 e. The van der Waals surface area contributed by atoms with E-state index in [0.29, 0.717) is 17.5 Å². The number of benzene rings is 1. The SMILES string of the molecule is CN(C)P(=O)(Nc1ccc(C=O)cc1)OCc1ccc([N+](=O)[O-])o1.CO. The third-order valence-corrected chi connectivity index (χ3v) is 5.13. The lowest BCUT2D eigenvalue weighted by Crippen LogP contribution is -2.17. The first-order chi connectivity index (χ1) is 12.3. The Kier molecular flexibility index (Phi) is 8.14. The van der Waals surface area contributed by atoms with E-state index in [1.807, 2.05) is 0 Å². The topological polar surface area (TPSA) is 135 Å². The number of carbonyl (C=O) groups is 1. The fraction of sp³-hybridized carbons (Fsp3) is 0.267. The van der Waals surface area contributed by atoms with Crippen LogP contribution >= 0.6 is 7.67 Å². The second-order valence-corrected chi connectivity index (χ2v) is 7.31. The summed E-state index contributed by atoms with van der Waals surface area (Å²) in [5.74, 6) is -0.229. The van der Waals surface area contributed by atoms with Gasteiger partial charge in [-0.2, -0.15) is 0 Å². The number of nitro groups is 1. The molecule has 1 atom stereocenters. The van der Waals surface area contributed by atoms with Crippen LogP contribution in [0, 0.1) is 10.1 Å². The predicted molar refractivity (Wildman–Crippen MR) is 95.0 cm³/mol. The van der Waals surface area contributed by atoms with Gasteiger partial charge in [-0.1, -0.05) is 0 Å². The van der Waals surface area contributed by atoms with Crippen LogP contribution in [0.3, 0.4) is 0 Å². The van der Waals surface area contributed by atoms with E-state index in [0.717, 1.165) is 7.11 Å². The van der Waals surface area contributed by atoms with E-state index in [1.165, 1.54) is 16.8 Å². The standard InChI is InChI=1S/C14H16N3O6P.CH4O/c1-16(2)24(21,15-12-5-3-11(9-18)4-6-12)22-10-13-7-8-14(23-13)17(19)20;1-2/h3-9H,10H2,1-2H3,(H,15,21);2H,1H3. The average molecular weight is 385 g/mol. The highest BCUT2D eigenvalue weighted by Gasteiger charge is 2.27. The van der Waals surface area contributed by atoms with Crippen LogP contribution in [0.2, 0.25) is 0 Å². The maximum Gasteiger partial charge on any atom is 0.433 e. The van der Waals surface area contributed by atoms with Crippen molar-refractivity contribution in [2.24, 2.45) is 0 Å². The number of aliphatic hydroxyl groups excluding tert-OH is 1. The molecule has 2 aromatic rings. The summed E-state index contributed by atoms with van der Waals surface area (Å²) in [6.45, 7) is -0.206. The Morgan fingerprint density at radius 2 is 1.88 bits per heavy atom. The van der Waals surface area contributed by atoms with E-state index < -0.39 is 18.5 Å². The van der Waals surface area contributed by atoms with Gasteiger partial charge in [0.05, 0.1) is 6.07 Å². The van der Waals surface area contributed by atoms with Gasteiger partial charge in [0.1, 0.15) is 23.6 Å². The van der Waals surface area contributed by atoms with Crippen molar-refractivity contribution in [1.29, 1.82) is 0 Å². The summed E-state index contributed by atoms with van der Waals surface area (Å²) in [6, 6.07) is 8.93. The van der Waals surface area contributed by atoms with Gasteiger partial charge in [0, 0.05) is 18.4 Å². The van der Waals surface area contributed by atoms with Crippen LogP contribution in [-0.2, 0) is 15.7 Å². The van der Waals surface area contributed by atoms with Crippen molar-refractivity contribution in [3.8, 4) is 0 Å². The molecule has 0 saturated heterocycles. The summed E-state index contributed by atoms with van der Waals surface area (Å²) in [5, 5.41) is 20.4. The van der Waals surface area contributed by atoms with Crippen LogP contribution < -0.4 is 5.09 Å². The molecular formula is C15H20N3O7P. The fourth-order valence-corrected chi connectivity index (χ4v) is 3.01. The molecule has 1 aromatic heterocycles. The van der Waals surface area contributed by atoms with Crippen molar-refractivity contribution in [3.05, 3.63) is 57.8 Å². The molecule has 2 N–H and O–H groups in total. The molecular weight excluding hydrogens is 365 g/mol. The fourth-order valence-electron chi connectivity index (χ4n) is 1.74. The zero-order chi connectivity index (χ0) is 19.7. The maximum absolute atomic E-state index is 12.9. The third kappa shape index (κ3) is 5.78. The highest BCUT2D eigenvalue weighted by atomic mass is 31.2. The predicted octanol–water partition coefficient (Wildman–Crippen LogP) is 2.91. The van der Waals surface area contributed by atoms with Gasteiger partial charge in [-0.05, 0) is 44.4 Å². The van der Waals surface area contributed by atoms with Gasteiger partial charge in [-0.25, -0.2) is 9.24 Å². The average Bonchev–Trinajstić information content (AvgIpc) is 3.12. The number of aliphatic hydroxyl groups is 1. The second kappa shape index (κ2) is 9.83. The molecule has 0 aliphatic carbocycles. The summed E-state index contributed by atoms with van der Waals surface area (Å²) >= 11 is 0. The Labute approximate surface area is 150 Å². The van der Waals surface area contributed by atoms with Gasteiger partial charge in [0.15, 0.2) is 0 Å². The van der Waals surface area contributed by atoms with Crippen LogP contribution in [0.1, 0.15) is 16.1 Å². The molecule has 11 heteroatoms. The summed E-state index contributed by atoms with van der Waals surface area (Å²) < 4.78 is 24.7. The molecule has 2 rings (SSSR count). The Morgan fingerprint density at radius 3 is 2.35 bits per heavy atom. The second-order valence-electron chi connectivity index (χ2n) is 4.99. The van der Waals surface area contributed by atoms with Crippen molar-refractivity contribution >= 4 is 25.5 Å². The smallest absolute Gasteiger partial charge is 0.403 e. The first-order valence-corrected chi connectivity index (χ1v) is 8.85. The molecule has 0 aliphatic rings. The summed E-state index contributed by atoms with van der Waals surface area (Å²) in [7, 11) is 0.684. The lowest BCUT2D eigenvalue weighted by Gasteiger charge is -2.25. The minimum atomic E-state index is -3.45. The number of carbonyl (C=O) groups excluding carboxylic acids is 1. The van der Waals surface area contributed by atoms with Crippen molar-refractivity contribution in [2.75, 3.05) is 26.3 Å². The van der Waals surface area contributed by atoms with Crippen molar-refractivity contribution in [2.45, 2.75) is 6.61 Å². The monoisotopic (exact) mass is 385 g/mol. The molecule has 10 nitrogen and oxygen atoms in total. The quantitative estimate of drug-likeness (QED) is 0.304. The van der Waals surface area contributed by atoms with E-state index in [9.17, 15) is 19.5 Å². The van der Waals surface area contributed by atoms with Gasteiger partial charge in [-0.3, -0.25) is 19.4 Å². The Morgan fingerprint density at radius 1 is 1.27 bits per heavy atom. The Balaban J connectivity index is 0.00000163. The summed E-state index contributed by atoms with van der Waals surface area (Å²) in [6.07, 6.45) is 0.704. The number of nitrogens with one attached hydrogen (secondary N) is 1. The molecule has 0 bridgehead atoms. The van der Waals surface area contributed by atoms with Gasteiger partial charge in [-0.15, -0.1) is 0 Å².